The molecule has 0 saturated carbocycles. The monoisotopic (exact) mass is 215 g/mol. The van der Waals surface area contributed by atoms with Gasteiger partial charge in [-0.05, 0) is 58.5 Å². The number of methoxy groups -OCH3 is 1. The molecule has 1 aliphatic heterocycles. The Morgan fingerprint density at radius 2 is 2.00 bits per heavy atom. The topological polar surface area (TPSA) is 41.5 Å². The SMILES string of the molecule is COC(C)(C)CCC(O)C1CCNCC1. The van der Waals surface area contributed by atoms with Gasteiger partial charge in [0, 0.05) is 7.11 Å². The molecule has 0 aromatic heterocycles. The lowest BCUT2D eigenvalue weighted by molar-refractivity contribution is -0.00649. The van der Waals surface area contributed by atoms with Crippen LogP contribution in [-0.4, -0.2) is 37.0 Å². The van der Waals surface area contributed by atoms with Gasteiger partial charge < -0.3 is 15.2 Å². The van der Waals surface area contributed by atoms with Crippen molar-refractivity contribution in [3.8, 4) is 0 Å². The fourth-order valence-electron chi connectivity index (χ4n) is 2.06. The summed E-state index contributed by atoms with van der Waals surface area (Å²) in [7, 11) is 1.73. The smallest absolute Gasteiger partial charge is 0.0623 e. The average molecular weight is 215 g/mol. The van der Waals surface area contributed by atoms with Crippen molar-refractivity contribution in [2.24, 2.45) is 5.92 Å². The van der Waals surface area contributed by atoms with Crippen molar-refractivity contribution in [1.82, 2.24) is 5.32 Å². The maximum atomic E-state index is 10.0. The second-order valence-electron chi connectivity index (χ2n) is 5.16. The van der Waals surface area contributed by atoms with Crippen molar-refractivity contribution in [2.75, 3.05) is 20.2 Å². The largest absolute Gasteiger partial charge is 0.393 e. The summed E-state index contributed by atoms with van der Waals surface area (Å²) in [5.74, 6) is 0.485. The van der Waals surface area contributed by atoms with Crippen LogP contribution in [0.15, 0.2) is 0 Å². The fraction of sp³-hybridized carbons (Fsp3) is 1.00. The molecule has 2 N–H and O–H groups in total. The molecule has 15 heavy (non-hydrogen) atoms. The van der Waals surface area contributed by atoms with Crippen LogP contribution in [0.1, 0.15) is 39.5 Å². The van der Waals surface area contributed by atoms with E-state index in [0.29, 0.717) is 5.92 Å². The van der Waals surface area contributed by atoms with E-state index in [9.17, 15) is 5.11 Å². The molecule has 0 aromatic rings. The molecule has 0 aromatic carbocycles. The lowest BCUT2D eigenvalue weighted by Gasteiger charge is -2.30. The standard InChI is InChI=1S/C12H25NO2/c1-12(2,15-3)7-4-11(14)10-5-8-13-9-6-10/h10-11,13-14H,4-9H2,1-3H3. The van der Waals surface area contributed by atoms with Gasteiger partial charge in [-0.2, -0.15) is 0 Å². The first-order valence-corrected chi connectivity index (χ1v) is 5.99. The molecular formula is C12H25NO2. The Morgan fingerprint density at radius 1 is 1.40 bits per heavy atom. The molecule has 1 heterocycles. The van der Waals surface area contributed by atoms with Gasteiger partial charge in [0.15, 0.2) is 0 Å². The average Bonchev–Trinajstić information content (AvgIpc) is 2.27. The molecule has 1 atom stereocenters. The Balaban J connectivity index is 2.25. The molecule has 1 saturated heterocycles. The molecule has 0 radical (unpaired) electrons. The third kappa shape index (κ3) is 4.49. The predicted molar refractivity (Wildman–Crippen MR) is 61.9 cm³/mol. The van der Waals surface area contributed by atoms with Gasteiger partial charge in [0.1, 0.15) is 0 Å². The Bertz CT molecular complexity index is 176. The Morgan fingerprint density at radius 3 is 2.53 bits per heavy atom. The maximum absolute atomic E-state index is 10.0. The van der Waals surface area contributed by atoms with Gasteiger partial charge in [0.05, 0.1) is 11.7 Å². The van der Waals surface area contributed by atoms with Crippen LogP contribution in [-0.2, 0) is 4.74 Å². The highest BCUT2D eigenvalue weighted by molar-refractivity contribution is 4.78. The van der Waals surface area contributed by atoms with Gasteiger partial charge >= 0.3 is 0 Å². The molecular weight excluding hydrogens is 190 g/mol. The van der Waals surface area contributed by atoms with E-state index in [1.807, 2.05) is 0 Å². The molecule has 0 bridgehead atoms. The second kappa shape index (κ2) is 5.83. The Labute approximate surface area is 93.2 Å². The van der Waals surface area contributed by atoms with Crippen molar-refractivity contribution in [1.29, 1.82) is 0 Å². The highest BCUT2D eigenvalue weighted by Gasteiger charge is 2.24. The fourth-order valence-corrected chi connectivity index (χ4v) is 2.06. The van der Waals surface area contributed by atoms with Gasteiger partial charge in [0.25, 0.3) is 0 Å². The zero-order valence-corrected chi connectivity index (χ0v) is 10.3. The molecule has 0 aliphatic carbocycles. The number of hydrogen-bond acceptors (Lipinski definition) is 3. The van der Waals surface area contributed by atoms with Gasteiger partial charge in [-0.15, -0.1) is 0 Å². The maximum Gasteiger partial charge on any atom is 0.0623 e. The number of aliphatic hydroxyl groups excluding tert-OH is 1. The summed E-state index contributed by atoms with van der Waals surface area (Å²) in [5, 5.41) is 13.4. The summed E-state index contributed by atoms with van der Waals surface area (Å²) in [5.41, 5.74) is -0.103. The molecule has 3 nitrogen and oxygen atoms in total. The third-order valence-electron chi connectivity index (χ3n) is 3.52. The minimum atomic E-state index is -0.151. The third-order valence-corrected chi connectivity index (χ3v) is 3.52. The zero-order valence-electron chi connectivity index (χ0n) is 10.3. The molecule has 1 unspecified atom stereocenters. The predicted octanol–water partition coefficient (Wildman–Crippen LogP) is 1.55. The molecule has 1 fully saturated rings. The van der Waals surface area contributed by atoms with Gasteiger partial charge in [-0.25, -0.2) is 0 Å². The minimum absolute atomic E-state index is 0.103. The number of nitrogens with one attached hydrogen (secondary N) is 1. The number of hydrogen-bond donors (Lipinski definition) is 2. The van der Waals surface area contributed by atoms with Crippen LogP contribution in [0.4, 0.5) is 0 Å². The van der Waals surface area contributed by atoms with E-state index in [-0.39, 0.29) is 11.7 Å². The quantitative estimate of drug-likeness (QED) is 0.731. The molecule has 90 valence electrons. The Kier molecular flexibility index (Phi) is 5.03. The van der Waals surface area contributed by atoms with E-state index in [2.05, 4.69) is 19.2 Å². The van der Waals surface area contributed by atoms with Crippen LogP contribution in [0.3, 0.4) is 0 Å². The number of rotatable bonds is 5. The number of piperidine rings is 1. The molecule has 1 aliphatic rings. The first-order chi connectivity index (χ1) is 7.05. The highest BCUT2D eigenvalue weighted by atomic mass is 16.5. The lowest BCUT2D eigenvalue weighted by Crippen LogP contribution is -2.35. The van der Waals surface area contributed by atoms with Crippen LogP contribution in [0.2, 0.25) is 0 Å². The van der Waals surface area contributed by atoms with Gasteiger partial charge in [-0.3, -0.25) is 0 Å². The zero-order chi connectivity index (χ0) is 11.3. The van der Waals surface area contributed by atoms with Crippen LogP contribution in [0, 0.1) is 5.92 Å². The number of aliphatic hydroxyl groups is 1. The van der Waals surface area contributed by atoms with Crippen LogP contribution in [0.5, 0.6) is 0 Å². The molecule has 3 heteroatoms. The van der Waals surface area contributed by atoms with Crippen molar-refractivity contribution in [3.63, 3.8) is 0 Å². The molecule has 1 rings (SSSR count). The van der Waals surface area contributed by atoms with E-state index in [1.54, 1.807) is 7.11 Å². The summed E-state index contributed by atoms with van der Waals surface area (Å²) in [6.45, 7) is 6.25. The van der Waals surface area contributed by atoms with Crippen molar-refractivity contribution < 1.29 is 9.84 Å². The van der Waals surface area contributed by atoms with E-state index in [1.165, 1.54) is 0 Å². The highest BCUT2D eigenvalue weighted by Crippen LogP contribution is 2.23. The first-order valence-electron chi connectivity index (χ1n) is 5.99. The van der Waals surface area contributed by atoms with Crippen LogP contribution < -0.4 is 5.32 Å². The van der Waals surface area contributed by atoms with Crippen molar-refractivity contribution >= 4 is 0 Å². The summed E-state index contributed by atoms with van der Waals surface area (Å²) in [4.78, 5) is 0. The van der Waals surface area contributed by atoms with Crippen LogP contribution >= 0.6 is 0 Å². The van der Waals surface area contributed by atoms with Crippen LogP contribution in [0.25, 0.3) is 0 Å². The normalized spacial score (nSPS) is 21.6. The van der Waals surface area contributed by atoms with E-state index in [0.717, 1.165) is 38.8 Å². The summed E-state index contributed by atoms with van der Waals surface area (Å²) in [6.07, 6.45) is 3.84. The summed E-state index contributed by atoms with van der Waals surface area (Å²) < 4.78 is 5.35. The van der Waals surface area contributed by atoms with Crippen molar-refractivity contribution in [3.05, 3.63) is 0 Å². The van der Waals surface area contributed by atoms with E-state index in [4.69, 9.17) is 4.74 Å². The van der Waals surface area contributed by atoms with E-state index >= 15 is 0 Å². The second-order valence-corrected chi connectivity index (χ2v) is 5.16. The summed E-state index contributed by atoms with van der Waals surface area (Å²) in [6, 6.07) is 0. The molecule has 0 amide bonds. The molecule has 0 spiro atoms. The van der Waals surface area contributed by atoms with E-state index < -0.39 is 0 Å². The first kappa shape index (κ1) is 12.9. The van der Waals surface area contributed by atoms with Crippen molar-refractivity contribution in [2.45, 2.75) is 51.2 Å². The number of ether oxygens (including phenoxy) is 1. The minimum Gasteiger partial charge on any atom is -0.393 e. The van der Waals surface area contributed by atoms with Gasteiger partial charge in [0.2, 0.25) is 0 Å². The van der Waals surface area contributed by atoms with Gasteiger partial charge in [-0.1, -0.05) is 0 Å². The lowest BCUT2D eigenvalue weighted by atomic mass is 9.87. The summed E-state index contributed by atoms with van der Waals surface area (Å²) >= 11 is 0. The Hall–Kier alpha value is -0.120.